The summed E-state index contributed by atoms with van der Waals surface area (Å²) in [5.41, 5.74) is -1.09. The molecule has 0 radical (unpaired) electrons. The Hall–Kier alpha value is -1.98. The molecule has 1 fully saturated rings. The van der Waals surface area contributed by atoms with Crippen molar-refractivity contribution < 1.29 is 8.42 Å². The smallest absolute Gasteiger partial charge is 0.254 e. The summed E-state index contributed by atoms with van der Waals surface area (Å²) in [6, 6.07) is 3.63. The van der Waals surface area contributed by atoms with E-state index >= 15 is 0 Å². The SMILES string of the molecule is N#CC1(c2cc3c(Cl)ncnc3[nH]c2=O)CCS(=O)(=O)CC1. The van der Waals surface area contributed by atoms with Gasteiger partial charge in [-0.15, -0.1) is 0 Å². The second kappa shape index (κ2) is 5.04. The Labute approximate surface area is 130 Å². The van der Waals surface area contributed by atoms with Crippen LogP contribution in [-0.4, -0.2) is 34.9 Å². The topological polar surface area (TPSA) is 117 Å². The van der Waals surface area contributed by atoms with Gasteiger partial charge in [0.25, 0.3) is 5.56 Å². The predicted molar refractivity (Wildman–Crippen MR) is 80.3 cm³/mol. The molecule has 1 aliphatic rings. The third-order valence-electron chi connectivity index (χ3n) is 4.01. The molecular weight excluding hydrogens is 328 g/mol. The molecule has 7 nitrogen and oxygen atoms in total. The molecule has 3 heterocycles. The first-order chi connectivity index (χ1) is 10.4. The van der Waals surface area contributed by atoms with Gasteiger partial charge in [-0.25, -0.2) is 18.4 Å². The summed E-state index contributed by atoms with van der Waals surface area (Å²) in [5, 5.41) is 10.2. The van der Waals surface area contributed by atoms with E-state index < -0.39 is 20.8 Å². The first-order valence-corrected chi connectivity index (χ1v) is 8.72. The maximum absolute atomic E-state index is 12.3. The van der Waals surface area contributed by atoms with Gasteiger partial charge >= 0.3 is 0 Å². The zero-order chi connectivity index (χ0) is 16.0. The highest BCUT2D eigenvalue weighted by Gasteiger charge is 2.41. The van der Waals surface area contributed by atoms with Crippen LogP contribution in [0.5, 0.6) is 0 Å². The average Bonchev–Trinajstić information content (AvgIpc) is 2.48. The number of nitrogens with zero attached hydrogens (tertiary/aromatic N) is 3. The third kappa shape index (κ3) is 2.36. The molecule has 2 aromatic rings. The lowest BCUT2D eigenvalue weighted by Gasteiger charge is -2.30. The first-order valence-electron chi connectivity index (χ1n) is 6.53. The number of H-pyrrole nitrogens is 1. The Morgan fingerprint density at radius 2 is 2.00 bits per heavy atom. The molecule has 0 unspecified atom stereocenters. The van der Waals surface area contributed by atoms with Crippen molar-refractivity contribution in [2.45, 2.75) is 18.3 Å². The molecule has 0 bridgehead atoms. The highest BCUT2D eigenvalue weighted by Crippen LogP contribution is 2.35. The Bertz CT molecular complexity index is 947. The molecule has 1 N–H and O–H groups in total. The summed E-state index contributed by atoms with van der Waals surface area (Å²) < 4.78 is 23.2. The van der Waals surface area contributed by atoms with Crippen molar-refractivity contribution in [3.63, 3.8) is 0 Å². The second-order valence-corrected chi connectivity index (χ2v) is 7.95. The van der Waals surface area contributed by atoms with E-state index in [9.17, 15) is 18.5 Å². The van der Waals surface area contributed by atoms with E-state index in [1.807, 2.05) is 0 Å². The molecule has 0 aromatic carbocycles. The van der Waals surface area contributed by atoms with E-state index in [-0.39, 0.29) is 40.7 Å². The van der Waals surface area contributed by atoms with Crippen molar-refractivity contribution in [1.82, 2.24) is 15.0 Å². The number of fused-ring (bicyclic) bond motifs is 1. The van der Waals surface area contributed by atoms with Gasteiger partial charge in [0.1, 0.15) is 27.0 Å². The van der Waals surface area contributed by atoms with Gasteiger partial charge in [-0.1, -0.05) is 11.6 Å². The lowest BCUT2D eigenvalue weighted by molar-refractivity contribution is 0.474. The minimum Gasteiger partial charge on any atom is -0.306 e. The Morgan fingerprint density at radius 3 is 2.64 bits per heavy atom. The van der Waals surface area contributed by atoms with Gasteiger partial charge in [-0.05, 0) is 18.9 Å². The Balaban J connectivity index is 2.20. The first kappa shape index (κ1) is 14.9. The van der Waals surface area contributed by atoms with Gasteiger partial charge in [0, 0.05) is 5.56 Å². The Kier molecular flexibility index (Phi) is 3.42. The molecule has 0 atom stereocenters. The maximum atomic E-state index is 12.3. The molecule has 0 aliphatic carbocycles. The van der Waals surface area contributed by atoms with Gasteiger partial charge in [-0.3, -0.25) is 4.79 Å². The van der Waals surface area contributed by atoms with Crippen molar-refractivity contribution >= 4 is 32.5 Å². The number of pyridine rings is 1. The van der Waals surface area contributed by atoms with Crippen LogP contribution in [0, 0.1) is 11.3 Å². The van der Waals surface area contributed by atoms with Gasteiger partial charge in [0.05, 0.1) is 28.4 Å². The van der Waals surface area contributed by atoms with E-state index in [0.717, 1.165) is 0 Å². The zero-order valence-corrected chi connectivity index (χ0v) is 12.9. The van der Waals surface area contributed by atoms with E-state index in [4.69, 9.17) is 11.6 Å². The summed E-state index contributed by atoms with van der Waals surface area (Å²) in [6.07, 6.45) is 1.41. The average molecular weight is 339 g/mol. The molecule has 9 heteroatoms. The molecule has 2 aromatic heterocycles. The van der Waals surface area contributed by atoms with Crippen molar-refractivity contribution in [3.8, 4) is 6.07 Å². The summed E-state index contributed by atoms with van der Waals surface area (Å²) in [6.45, 7) is 0. The van der Waals surface area contributed by atoms with Crippen molar-refractivity contribution in [2.24, 2.45) is 0 Å². The van der Waals surface area contributed by atoms with Crippen LogP contribution in [0.15, 0.2) is 17.2 Å². The van der Waals surface area contributed by atoms with Crippen LogP contribution in [0.25, 0.3) is 11.0 Å². The minimum absolute atomic E-state index is 0.0890. The number of hydrogen-bond donors (Lipinski definition) is 1. The third-order valence-corrected chi connectivity index (χ3v) is 5.96. The number of nitriles is 1. The molecule has 22 heavy (non-hydrogen) atoms. The summed E-state index contributed by atoms with van der Waals surface area (Å²) >= 11 is 6.00. The Morgan fingerprint density at radius 1 is 1.32 bits per heavy atom. The normalized spacial score (nSPS) is 19.6. The number of halogens is 1. The number of aromatic nitrogens is 3. The highest BCUT2D eigenvalue weighted by atomic mass is 35.5. The van der Waals surface area contributed by atoms with Crippen LogP contribution in [0.4, 0.5) is 0 Å². The number of hydrogen-bond acceptors (Lipinski definition) is 6. The van der Waals surface area contributed by atoms with Gasteiger partial charge < -0.3 is 4.98 Å². The summed E-state index contributed by atoms with van der Waals surface area (Å²) in [7, 11) is -3.15. The monoisotopic (exact) mass is 338 g/mol. The van der Waals surface area contributed by atoms with E-state index in [0.29, 0.717) is 5.39 Å². The van der Waals surface area contributed by atoms with Gasteiger partial charge in [-0.2, -0.15) is 5.26 Å². The fourth-order valence-electron chi connectivity index (χ4n) is 2.67. The van der Waals surface area contributed by atoms with Gasteiger partial charge in [0.15, 0.2) is 0 Å². The molecule has 0 saturated carbocycles. The number of aromatic amines is 1. The predicted octanol–water partition coefficient (Wildman–Crippen LogP) is 0.941. The fraction of sp³-hybridized carbons (Fsp3) is 0.385. The van der Waals surface area contributed by atoms with Crippen LogP contribution in [0.3, 0.4) is 0 Å². The van der Waals surface area contributed by atoms with Crippen LogP contribution in [-0.2, 0) is 15.3 Å². The van der Waals surface area contributed by atoms with E-state index in [2.05, 4.69) is 21.0 Å². The van der Waals surface area contributed by atoms with Crippen molar-refractivity contribution in [3.05, 3.63) is 33.5 Å². The quantitative estimate of drug-likeness (QED) is 0.773. The minimum atomic E-state index is -3.15. The van der Waals surface area contributed by atoms with Crippen molar-refractivity contribution in [2.75, 3.05) is 11.5 Å². The van der Waals surface area contributed by atoms with Crippen LogP contribution in [0.1, 0.15) is 18.4 Å². The van der Waals surface area contributed by atoms with Crippen LogP contribution in [0.2, 0.25) is 5.15 Å². The maximum Gasteiger partial charge on any atom is 0.254 e. The molecule has 1 aliphatic heterocycles. The molecule has 0 spiro atoms. The van der Waals surface area contributed by atoms with Crippen molar-refractivity contribution in [1.29, 1.82) is 5.26 Å². The van der Waals surface area contributed by atoms with E-state index in [1.54, 1.807) is 0 Å². The lowest BCUT2D eigenvalue weighted by atomic mass is 9.77. The number of sulfone groups is 1. The molecule has 1 saturated heterocycles. The second-order valence-electron chi connectivity index (χ2n) is 5.28. The van der Waals surface area contributed by atoms with Crippen LogP contribution < -0.4 is 5.56 Å². The number of rotatable bonds is 1. The lowest BCUT2D eigenvalue weighted by Crippen LogP contribution is -2.39. The fourth-order valence-corrected chi connectivity index (χ4v) is 4.38. The van der Waals surface area contributed by atoms with Gasteiger partial charge in [0.2, 0.25) is 0 Å². The number of nitrogens with one attached hydrogen (secondary N) is 1. The highest BCUT2D eigenvalue weighted by molar-refractivity contribution is 7.91. The molecule has 0 amide bonds. The summed E-state index contributed by atoms with van der Waals surface area (Å²) in [5.74, 6) is -0.228. The standard InChI is InChI=1S/C13H11ClN4O3S/c14-10-8-5-9(12(19)18-11(8)17-7-16-10)13(6-15)1-3-22(20,21)4-2-13/h5,7H,1-4H2,(H,16,17,18,19). The molecular formula is C13H11ClN4O3S. The molecule has 114 valence electrons. The summed E-state index contributed by atoms with van der Waals surface area (Å²) in [4.78, 5) is 22.7. The van der Waals surface area contributed by atoms with Crippen LogP contribution >= 0.6 is 11.6 Å². The largest absolute Gasteiger partial charge is 0.306 e. The van der Waals surface area contributed by atoms with E-state index in [1.165, 1.54) is 12.4 Å². The molecule has 3 rings (SSSR count). The zero-order valence-electron chi connectivity index (χ0n) is 11.3.